The van der Waals surface area contributed by atoms with E-state index in [0.29, 0.717) is 13.0 Å². The lowest BCUT2D eigenvalue weighted by Crippen LogP contribution is -2.70. The molecule has 0 radical (unpaired) electrons. The SMILES string of the molecule is COC[C@]12O[C@H]1CC[C@@]1(C)[C@H]3OC(C)(C)O[C@@H]3C3=C(C)[C@@H](O)C[C@]4(O[C@@H](c5ccccc5)O[C@H]4[C@@H]12)C3(C)C. The van der Waals surface area contributed by atoms with Gasteiger partial charge >= 0.3 is 0 Å². The summed E-state index contributed by atoms with van der Waals surface area (Å²) in [5.41, 5.74) is 0.897. The maximum atomic E-state index is 11.6. The highest BCUT2D eigenvalue weighted by atomic mass is 16.8. The predicted octanol–water partition coefficient (Wildman–Crippen LogP) is 4.68. The van der Waals surface area contributed by atoms with Crippen molar-refractivity contribution in [3.8, 4) is 0 Å². The summed E-state index contributed by atoms with van der Waals surface area (Å²) in [6.07, 6.45) is 0.317. The number of benzene rings is 1. The second-order valence-electron chi connectivity index (χ2n) is 13.7. The van der Waals surface area contributed by atoms with Crippen molar-refractivity contribution in [1.82, 2.24) is 0 Å². The number of aliphatic hydroxyl groups is 1. The molecule has 7 rings (SSSR count). The molecule has 5 fully saturated rings. The first-order chi connectivity index (χ1) is 17.9. The lowest BCUT2D eigenvalue weighted by Gasteiger charge is -2.61. The molecule has 0 aromatic heterocycles. The topological polar surface area (TPSA) is 78.9 Å². The molecule has 3 aliphatic carbocycles. The van der Waals surface area contributed by atoms with E-state index in [0.717, 1.165) is 29.6 Å². The molecule has 7 nitrogen and oxygen atoms in total. The van der Waals surface area contributed by atoms with E-state index >= 15 is 0 Å². The Bertz CT molecular complexity index is 1160. The Morgan fingerprint density at radius 2 is 1.71 bits per heavy atom. The molecule has 38 heavy (non-hydrogen) atoms. The number of fused-ring (bicyclic) bond motifs is 8. The number of epoxide rings is 1. The van der Waals surface area contributed by atoms with Gasteiger partial charge in [0.25, 0.3) is 0 Å². The first-order valence-corrected chi connectivity index (χ1v) is 14.2. The van der Waals surface area contributed by atoms with E-state index in [1.807, 2.05) is 32.0 Å². The monoisotopic (exact) mass is 526 g/mol. The van der Waals surface area contributed by atoms with Crippen LogP contribution in [0.2, 0.25) is 0 Å². The Morgan fingerprint density at radius 1 is 0.974 bits per heavy atom. The minimum Gasteiger partial charge on any atom is -0.389 e. The normalized spacial score (nSPS) is 49.8. The van der Waals surface area contributed by atoms with Crippen LogP contribution in [0.1, 0.15) is 72.7 Å². The molecule has 1 N–H and O–H groups in total. The minimum absolute atomic E-state index is 0.0844. The number of ether oxygens (including phenoxy) is 6. The van der Waals surface area contributed by atoms with Crippen molar-refractivity contribution in [2.75, 3.05) is 13.7 Å². The summed E-state index contributed by atoms with van der Waals surface area (Å²) in [5.74, 6) is -0.843. The second kappa shape index (κ2) is 7.90. The Balaban J connectivity index is 1.49. The highest BCUT2D eigenvalue weighted by Gasteiger charge is 2.80. The van der Waals surface area contributed by atoms with Gasteiger partial charge in [-0.15, -0.1) is 0 Å². The van der Waals surface area contributed by atoms with E-state index in [4.69, 9.17) is 28.4 Å². The van der Waals surface area contributed by atoms with Crippen LogP contribution in [0.5, 0.6) is 0 Å². The number of rotatable bonds is 3. The van der Waals surface area contributed by atoms with Crippen LogP contribution in [0.3, 0.4) is 0 Å². The lowest BCUT2D eigenvalue weighted by atomic mass is 9.47. The number of aliphatic hydroxyl groups excluding tert-OH is 1. The average Bonchev–Trinajstić information content (AvgIpc) is 3.29. The van der Waals surface area contributed by atoms with Crippen LogP contribution in [-0.4, -0.2) is 66.3 Å². The molecule has 1 aromatic carbocycles. The van der Waals surface area contributed by atoms with Gasteiger partial charge in [0.15, 0.2) is 12.1 Å². The molecular formula is C31H42O7. The van der Waals surface area contributed by atoms with Gasteiger partial charge in [0.1, 0.15) is 17.3 Å². The standard InChI is InChI=1S/C31H42O7/c1-17-19(32)15-31-25(34-26(38-31)18-11-9-8-10-12-18)23-29(6,14-13-20-30(23,35-20)16-33-7)24-22(21(17)27(31,2)3)36-28(4,5)37-24/h8-12,19-20,22-26,32H,13-16H2,1-7H3/t19-,20-,22+,23-,24-,25-,26-,29+,30-,31+/m0/s1. The minimum atomic E-state index is -0.802. The van der Waals surface area contributed by atoms with Crippen LogP contribution < -0.4 is 0 Å². The molecule has 208 valence electrons. The third-order valence-electron chi connectivity index (χ3n) is 11.0. The van der Waals surface area contributed by atoms with Gasteiger partial charge in [-0.05, 0) is 44.8 Å². The van der Waals surface area contributed by atoms with Crippen molar-refractivity contribution >= 4 is 0 Å². The Hall–Kier alpha value is -1.32. The summed E-state index contributed by atoms with van der Waals surface area (Å²) in [6.45, 7) is 13.3. The summed E-state index contributed by atoms with van der Waals surface area (Å²) in [4.78, 5) is 0. The fraction of sp³-hybridized carbons (Fsp3) is 0.742. The molecule has 2 bridgehead atoms. The van der Waals surface area contributed by atoms with Crippen molar-refractivity contribution < 1.29 is 33.5 Å². The van der Waals surface area contributed by atoms with Crippen LogP contribution in [0.25, 0.3) is 0 Å². The van der Waals surface area contributed by atoms with Crippen molar-refractivity contribution in [1.29, 1.82) is 0 Å². The molecule has 10 atom stereocenters. The maximum Gasteiger partial charge on any atom is 0.185 e. The fourth-order valence-electron chi connectivity index (χ4n) is 9.26. The van der Waals surface area contributed by atoms with Crippen LogP contribution >= 0.6 is 0 Å². The van der Waals surface area contributed by atoms with E-state index in [-0.39, 0.29) is 35.7 Å². The number of methoxy groups -OCH3 is 1. The quantitative estimate of drug-likeness (QED) is 0.453. The van der Waals surface area contributed by atoms with Crippen molar-refractivity contribution in [3.63, 3.8) is 0 Å². The van der Waals surface area contributed by atoms with Crippen LogP contribution in [0.4, 0.5) is 0 Å². The van der Waals surface area contributed by atoms with Gasteiger partial charge in [-0.25, -0.2) is 0 Å². The third-order valence-corrected chi connectivity index (χ3v) is 11.0. The molecule has 1 spiro atoms. The van der Waals surface area contributed by atoms with Gasteiger partial charge in [0, 0.05) is 35.8 Å². The highest BCUT2D eigenvalue weighted by Crippen LogP contribution is 2.71. The first kappa shape index (κ1) is 25.6. The zero-order valence-corrected chi connectivity index (χ0v) is 23.7. The molecular weight excluding hydrogens is 484 g/mol. The zero-order chi connectivity index (χ0) is 26.9. The van der Waals surface area contributed by atoms with E-state index in [9.17, 15) is 5.11 Å². The summed E-state index contributed by atoms with van der Waals surface area (Å²) in [7, 11) is 1.75. The highest BCUT2D eigenvalue weighted by molar-refractivity contribution is 5.41. The first-order valence-electron chi connectivity index (χ1n) is 14.2. The molecule has 3 heterocycles. The predicted molar refractivity (Wildman–Crippen MR) is 139 cm³/mol. The van der Waals surface area contributed by atoms with Gasteiger partial charge in [0.05, 0.1) is 31.0 Å². The lowest BCUT2D eigenvalue weighted by molar-refractivity contribution is -0.192. The molecule has 0 unspecified atom stereocenters. The van der Waals surface area contributed by atoms with Crippen molar-refractivity contribution in [2.45, 2.75) is 115 Å². The molecule has 0 amide bonds. The molecule has 2 saturated carbocycles. The second-order valence-corrected chi connectivity index (χ2v) is 13.7. The molecule has 3 saturated heterocycles. The van der Waals surface area contributed by atoms with E-state index in [1.54, 1.807) is 7.11 Å². The van der Waals surface area contributed by atoms with E-state index < -0.39 is 34.8 Å². The van der Waals surface area contributed by atoms with Crippen LogP contribution in [0, 0.1) is 16.7 Å². The Kier molecular flexibility index (Phi) is 5.33. The summed E-state index contributed by atoms with van der Waals surface area (Å²) >= 11 is 0. The average molecular weight is 527 g/mol. The summed E-state index contributed by atoms with van der Waals surface area (Å²) in [5, 5.41) is 11.6. The van der Waals surface area contributed by atoms with E-state index in [1.165, 1.54) is 0 Å². The summed E-state index contributed by atoms with van der Waals surface area (Å²) in [6, 6.07) is 10.1. The number of hydrogen-bond donors (Lipinski definition) is 1. The van der Waals surface area contributed by atoms with Gasteiger partial charge < -0.3 is 33.5 Å². The van der Waals surface area contributed by atoms with Crippen LogP contribution in [-0.2, 0) is 28.4 Å². The van der Waals surface area contributed by atoms with Crippen LogP contribution in [0.15, 0.2) is 41.5 Å². The summed E-state index contributed by atoms with van der Waals surface area (Å²) < 4.78 is 40.3. The van der Waals surface area contributed by atoms with Gasteiger partial charge in [0.2, 0.25) is 0 Å². The fourth-order valence-corrected chi connectivity index (χ4v) is 9.26. The third kappa shape index (κ3) is 3.10. The van der Waals surface area contributed by atoms with E-state index in [2.05, 4.69) is 39.8 Å². The van der Waals surface area contributed by atoms with Gasteiger partial charge in [-0.2, -0.15) is 0 Å². The zero-order valence-electron chi connectivity index (χ0n) is 23.7. The smallest absolute Gasteiger partial charge is 0.185 e. The van der Waals surface area contributed by atoms with Gasteiger partial charge in [-0.1, -0.05) is 51.1 Å². The Morgan fingerprint density at radius 3 is 2.42 bits per heavy atom. The molecule has 3 aliphatic heterocycles. The van der Waals surface area contributed by atoms with Crippen molar-refractivity contribution in [3.05, 3.63) is 47.0 Å². The maximum absolute atomic E-state index is 11.6. The molecule has 1 aromatic rings. The largest absolute Gasteiger partial charge is 0.389 e. The molecule has 7 heteroatoms. The van der Waals surface area contributed by atoms with Crippen molar-refractivity contribution in [2.24, 2.45) is 16.7 Å². The number of hydrogen-bond acceptors (Lipinski definition) is 7. The Labute approximate surface area is 225 Å². The van der Waals surface area contributed by atoms with Gasteiger partial charge in [-0.3, -0.25) is 0 Å². The molecule has 6 aliphatic rings.